The van der Waals surface area contributed by atoms with Gasteiger partial charge < -0.3 is 5.32 Å². The van der Waals surface area contributed by atoms with Gasteiger partial charge in [-0.2, -0.15) is 0 Å². The third-order valence-corrected chi connectivity index (χ3v) is 2.86. The molecule has 1 N–H and O–H groups in total. The number of nitro groups is 1. The van der Waals surface area contributed by atoms with E-state index in [1.807, 2.05) is 6.92 Å². The van der Waals surface area contributed by atoms with Crippen molar-refractivity contribution in [2.24, 2.45) is 0 Å². The average molecular weight is 257 g/mol. The lowest BCUT2D eigenvalue weighted by atomic mass is 10.1. The van der Waals surface area contributed by atoms with Gasteiger partial charge in [0.1, 0.15) is 5.69 Å². The summed E-state index contributed by atoms with van der Waals surface area (Å²) in [6, 6.07) is 6.99. The second-order valence-electron chi connectivity index (χ2n) is 4.36. The molecule has 0 saturated carbocycles. The molecule has 2 rings (SSSR count). The van der Waals surface area contributed by atoms with Crippen molar-refractivity contribution in [3.63, 3.8) is 0 Å². The van der Waals surface area contributed by atoms with Crippen LogP contribution in [-0.4, -0.2) is 15.9 Å². The van der Waals surface area contributed by atoms with Gasteiger partial charge in [0.25, 0.3) is 0 Å². The van der Waals surface area contributed by atoms with E-state index in [0.29, 0.717) is 16.6 Å². The molecule has 0 aliphatic rings. The second-order valence-corrected chi connectivity index (χ2v) is 4.36. The zero-order chi connectivity index (χ0) is 13.8. The predicted octanol–water partition coefficient (Wildman–Crippen LogP) is 3.52. The third-order valence-electron chi connectivity index (χ3n) is 2.86. The van der Waals surface area contributed by atoms with Crippen LogP contribution in [0.1, 0.15) is 13.3 Å². The first-order valence-corrected chi connectivity index (χ1v) is 6.03. The van der Waals surface area contributed by atoms with Gasteiger partial charge in [-0.05, 0) is 37.6 Å². The summed E-state index contributed by atoms with van der Waals surface area (Å²) < 4.78 is 0. The van der Waals surface area contributed by atoms with Crippen LogP contribution < -0.4 is 5.32 Å². The van der Waals surface area contributed by atoms with Crippen LogP contribution in [0, 0.1) is 10.1 Å². The summed E-state index contributed by atoms with van der Waals surface area (Å²) in [6.45, 7) is 5.62. The lowest BCUT2D eigenvalue weighted by Gasteiger charge is -2.14. The molecule has 0 aliphatic carbocycles. The molecule has 0 saturated heterocycles. The van der Waals surface area contributed by atoms with E-state index in [-0.39, 0.29) is 16.7 Å². The van der Waals surface area contributed by atoms with Crippen molar-refractivity contribution in [1.82, 2.24) is 4.98 Å². The minimum absolute atomic E-state index is 0.0708. The number of benzene rings is 1. The number of nitrogens with zero attached hydrogens (tertiary/aromatic N) is 2. The highest BCUT2D eigenvalue weighted by atomic mass is 16.6. The third kappa shape index (κ3) is 2.70. The number of hydrogen-bond acceptors (Lipinski definition) is 4. The molecule has 0 fully saturated rings. The van der Waals surface area contributed by atoms with Gasteiger partial charge in [-0.15, -0.1) is 6.58 Å². The molecule has 1 aromatic carbocycles. The van der Waals surface area contributed by atoms with E-state index in [9.17, 15) is 10.1 Å². The number of nitro benzene ring substituents is 1. The van der Waals surface area contributed by atoms with Crippen LogP contribution in [0.25, 0.3) is 10.9 Å². The molecule has 0 aliphatic heterocycles. The van der Waals surface area contributed by atoms with Gasteiger partial charge in [-0.25, -0.2) is 0 Å². The molecule has 0 radical (unpaired) electrons. The van der Waals surface area contributed by atoms with Crippen LogP contribution in [0.5, 0.6) is 0 Å². The summed E-state index contributed by atoms with van der Waals surface area (Å²) in [6.07, 6.45) is 4.15. The van der Waals surface area contributed by atoms with E-state index in [1.165, 1.54) is 0 Å². The van der Waals surface area contributed by atoms with Crippen LogP contribution in [0.15, 0.2) is 43.1 Å². The fraction of sp³-hybridized carbons (Fsp3) is 0.214. The minimum Gasteiger partial charge on any atom is -0.377 e. The summed E-state index contributed by atoms with van der Waals surface area (Å²) >= 11 is 0. The molecular formula is C14H15N3O2. The predicted molar refractivity (Wildman–Crippen MR) is 76.3 cm³/mol. The molecule has 0 amide bonds. The zero-order valence-electron chi connectivity index (χ0n) is 10.7. The van der Waals surface area contributed by atoms with Gasteiger partial charge in [-0.1, -0.05) is 6.08 Å². The number of fused-ring (bicyclic) bond motifs is 1. The Balaban J connectivity index is 2.51. The summed E-state index contributed by atoms with van der Waals surface area (Å²) in [7, 11) is 0. The maximum atomic E-state index is 11.3. The number of nitrogens with one attached hydrogen (secondary N) is 1. The van der Waals surface area contributed by atoms with Crippen molar-refractivity contribution < 1.29 is 4.92 Å². The van der Waals surface area contributed by atoms with Crippen LogP contribution in [0.4, 0.5) is 11.4 Å². The first kappa shape index (κ1) is 13.0. The molecule has 1 unspecified atom stereocenters. The summed E-state index contributed by atoms with van der Waals surface area (Å²) in [5.41, 5.74) is 1.21. The first-order chi connectivity index (χ1) is 9.13. The molecular weight excluding hydrogens is 242 g/mol. The molecule has 5 heteroatoms. The largest absolute Gasteiger partial charge is 0.377 e. The van der Waals surface area contributed by atoms with Crippen molar-refractivity contribution in [2.75, 3.05) is 5.32 Å². The summed E-state index contributed by atoms with van der Waals surface area (Å²) in [5, 5.41) is 15.0. The summed E-state index contributed by atoms with van der Waals surface area (Å²) in [5.74, 6) is 0. The highest BCUT2D eigenvalue weighted by Crippen LogP contribution is 2.32. The molecule has 0 bridgehead atoms. The number of hydrogen-bond donors (Lipinski definition) is 1. The standard InChI is InChI=1S/C14H15N3O2/c1-3-5-10(2)16-13-8-7-12-11(6-4-9-15-12)14(13)17(18)19/h3-4,6-10,16H,1,5H2,2H3. The maximum Gasteiger partial charge on any atom is 0.301 e. The minimum atomic E-state index is -0.368. The Labute approximate surface area is 111 Å². The van der Waals surface area contributed by atoms with Crippen molar-refractivity contribution >= 4 is 22.3 Å². The van der Waals surface area contributed by atoms with Gasteiger partial charge in [0.15, 0.2) is 0 Å². The van der Waals surface area contributed by atoms with Crippen molar-refractivity contribution in [3.8, 4) is 0 Å². The number of anilines is 1. The Morgan fingerprint density at radius 2 is 2.32 bits per heavy atom. The lowest BCUT2D eigenvalue weighted by Crippen LogP contribution is -2.15. The molecule has 1 aromatic heterocycles. The molecule has 98 valence electrons. The van der Waals surface area contributed by atoms with E-state index in [2.05, 4.69) is 16.9 Å². The van der Waals surface area contributed by atoms with E-state index in [4.69, 9.17) is 0 Å². The van der Waals surface area contributed by atoms with Gasteiger partial charge >= 0.3 is 5.69 Å². The van der Waals surface area contributed by atoms with Gasteiger partial charge in [-0.3, -0.25) is 15.1 Å². The molecule has 1 atom stereocenters. The zero-order valence-corrected chi connectivity index (χ0v) is 10.7. The van der Waals surface area contributed by atoms with Crippen molar-refractivity contribution in [2.45, 2.75) is 19.4 Å². The number of rotatable bonds is 5. The maximum absolute atomic E-state index is 11.3. The second kappa shape index (κ2) is 5.48. The smallest absolute Gasteiger partial charge is 0.301 e. The Morgan fingerprint density at radius 1 is 1.53 bits per heavy atom. The average Bonchev–Trinajstić information content (AvgIpc) is 2.38. The Hall–Kier alpha value is -2.43. The molecule has 2 aromatic rings. The van der Waals surface area contributed by atoms with Crippen LogP contribution in [0.3, 0.4) is 0 Å². The number of aromatic nitrogens is 1. The highest BCUT2D eigenvalue weighted by Gasteiger charge is 2.19. The van der Waals surface area contributed by atoms with Gasteiger partial charge in [0.05, 0.1) is 15.8 Å². The van der Waals surface area contributed by atoms with Crippen LogP contribution in [-0.2, 0) is 0 Å². The van der Waals surface area contributed by atoms with Gasteiger partial charge in [0, 0.05) is 12.2 Å². The normalized spacial score (nSPS) is 12.1. The Morgan fingerprint density at radius 3 is 3.00 bits per heavy atom. The Kier molecular flexibility index (Phi) is 3.75. The van der Waals surface area contributed by atoms with Crippen LogP contribution in [0.2, 0.25) is 0 Å². The highest BCUT2D eigenvalue weighted by molar-refractivity contribution is 5.94. The van der Waals surface area contributed by atoms with Crippen LogP contribution >= 0.6 is 0 Å². The first-order valence-electron chi connectivity index (χ1n) is 6.03. The fourth-order valence-corrected chi connectivity index (χ4v) is 2.02. The van der Waals surface area contributed by atoms with E-state index in [0.717, 1.165) is 6.42 Å². The monoisotopic (exact) mass is 257 g/mol. The SMILES string of the molecule is C=CCC(C)Nc1ccc2ncccc2c1[N+](=O)[O-]. The lowest BCUT2D eigenvalue weighted by molar-refractivity contribution is -0.382. The molecule has 19 heavy (non-hydrogen) atoms. The Bertz CT molecular complexity index is 625. The van der Waals surface area contributed by atoms with Crippen molar-refractivity contribution in [3.05, 3.63) is 53.2 Å². The summed E-state index contributed by atoms with van der Waals surface area (Å²) in [4.78, 5) is 15.1. The molecule has 0 spiro atoms. The molecule has 1 heterocycles. The van der Waals surface area contributed by atoms with Gasteiger partial charge in [0.2, 0.25) is 0 Å². The van der Waals surface area contributed by atoms with E-state index in [1.54, 1.807) is 36.5 Å². The fourth-order valence-electron chi connectivity index (χ4n) is 2.02. The van der Waals surface area contributed by atoms with Crippen molar-refractivity contribution in [1.29, 1.82) is 0 Å². The van der Waals surface area contributed by atoms with E-state index >= 15 is 0 Å². The topological polar surface area (TPSA) is 68.1 Å². The van der Waals surface area contributed by atoms with E-state index < -0.39 is 0 Å². The quantitative estimate of drug-likeness (QED) is 0.505. The molecule has 5 nitrogen and oxygen atoms in total. The number of pyridine rings is 1.